The highest BCUT2D eigenvalue weighted by atomic mass is 32.2. The molecule has 0 aliphatic rings. The third-order valence-electron chi connectivity index (χ3n) is 2.23. The molecule has 1 nitrogen and oxygen atoms in total. The fraction of sp³-hybridized carbons (Fsp3) is 0.455. The van der Waals surface area contributed by atoms with E-state index in [2.05, 4.69) is 11.6 Å². The lowest BCUT2D eigenvalue weighted by Gasteiger charge is -2.15. The van der Waals surface area contributed by atoms with Crippen molar-refractivity contribution in [3.63, 3.8) is 0 Å². The van der Waals surface area contributed by atoms with Crippen LogP contribution in [0.15, 0.2) is 24.3 Å². The molecule has 1 atom stereocenters. The second-order valence-corrected chi connectivity index (χ2v) is 4.16. The summed E-state index contributed by atoms with van der Waals surface area (Å²) in [6.07, 6.45) is 3.17. The first-order valence-electron chi connectivity index (χ1n) is 4.69. The van der Waals surface area contributed by atoms with Crippen LogP contribution >= 0.6 is 11.8 Å². The lowest BCUT2D eigenvalue weighted by atomic mass is 10.1. The number of halogens is 1. The van der Waals surface area contributed by atoms with Gasteiger partial charge in [-0.3, -0.25) is 0 Å². The molecule has 0 heterocycles. The predicted molar refractivity (Wildman–Crippen MR) is 61.2 cm³/mol. The van der Waals surface area contributed by atoms with Crippen molar-refractivity contribution in [3.05, 3.63) is 35.6 Å². The van der Waals surface area contributed by atoms with Gasteiger partial charge in [0.05, 0.1) is 0 Å². The van der Waals surface area contributed by atoms with Gasteiger partial charge in [0.1, 0.15) is 5.82 Å². The van der Waals surface area contributed by atoms with Crippen LogP contribution in [0, 0.1) is 5.82 Å². The molecule has 1 unspecified atom stereocenters. The molecule has 0 saturated heterocycles. The topological polar surface area (TPSA) is 12.0 Å². The van der Waals surface area contributed by atoms with Gasteiger partial charge in [-0.25, -0.2) is 4.39 Å². The average Bonchev–Trinajstić information content (AvgIpc) is 2.21. The Kier molecular flexibility index (Phi) is 4.98. The molecular weight excluding hydrogens is 197 g/mol. The summed E-state index contributed by atoms with van der Waals surface area (Å²) in [5.41, 5.74) is 1.16. The zero-order chi connectivity index (χ0) is 10.4. The van der Waals surface area contributed by atoms with Crippen LogP contribution in [0.2, 0.25) is 0 Å². The predicted octanol–water partition coefficient (Wildman–Crippen LogP) is 2.84. The van der Waals surface area contributed by atoms with Crippen LogP contribution in [-0.4, -0.2) is 19.1 Å². The minimum Gasteiger partial charge on any atom is -0.313 e. The maximum atomic E-state index is 12.7. The van der Waals surface area contributed by atoms with Crippen molar-refractivity contribution in [2.45, 2.75) is 12.5 Å². The van der Waals surface area contributed by atoms with Gasteiger partial charge in [0, 0.05) is 6.04 Å². The van der Waals surface area contributed by atoms with Crippen molar-refractivity contribution < 1.29 is 4.39 Å². The fourth-order valence-corrected chi connectivity index (χ4v) is 1.88. The van der Waals surface area contributed by atoms with Crippen molar-refractivity contribution in [1.29, 1.82) is 0 Å². The van der Waals surface area contributed by atoms with Gasteiger partial charge < -0.3 is 5.32 Å². The molecule has 1 rings (SSSR count). The molecule has 0 aliphatic carbocycles. The Bertz CT molecular complexity index is 260. The molecule has 78 valence electrons. The Morgan fingerprint density at radius 2 is 2.00 bits per heavy atom. The highest BCUT2D eigenvalue weighted by Gasteiger charge is 2.07. The molecule has 0 aromatic heterocycles. The van der Waals surface area contributed by atoms with Gasteiger partial charge in [0.15, 0.2) is 0 Å². The van der Waals surface area contributed by atoms with Gasteiger partial charge in [-0.1, -0.05) is 12.1 Å². The summed E-state index contributed by atoms with van der Waals surface area (Å²) >= 11 is 1.83. The SMILES string of the molecule is CNC(CCSC)c1ccc(F)cc1. The van der Waals surface area contributed by atoms with Crippen LogP contribution in [0.1, 0.15) is 18.0 Å². The van der Waals surface area contributed by atoms with Crippen LogP contribution in [-0.2, 0) is 0 Å². The van der Waals surface area contributed by atoms with E-state index in [1.165, 1.54) is 12.1 Å². The van der Waals surface area contributed by atoms with E-state index < -0.39 is 0 Å². The summed E-state index contributed by atoms with van der Waals surface area (Å²) in [5.74, 6) is 0.941. The van der Waals surface area contributed by atoms with E-state index in [4.69, 9.17) is 0 Å². The minimum absolute atomic E-state index is 0.173. The first-order chi connectivity index (χ1) is 6.77. The van der Waals surface area contributed by atoms with Crippen LogP contribution in [0.25, 0.3) is 0 Å². The number of thioether (sulfide) groups is 1. The summed E-state index contributed by atoms with van der Waals surface area (Å²) in [6, 6.07) is 7.05. The Balaban J connectivity index is 2.64. The maximum absolute atomic E-state index is 12.7. The van der Waals surface area contributed by atoms with Crippen molar-refractivity contribution in [1.82, 2.24) is 5.32 Å². The molecule has 0 amide bonds. The Morgan fingerprint density at radius 3 is 2.50 bits per heavy atom. The van der Waals surface area contributed by atoms with Crippen LogP contribution in [0.3, 0.4) is 0 Å². The van der Waals surface area contributed by atoms with Crippen molar-refractivity contribution in [3.8, 4) is 0 Å². The number of hydrogen-bond acceptors (Lipinski definition) is 2. The molecule has 1 aromatic rings. The lowest BCUT2D eigenvalue weighted by molar-refractivity contribution is 0.576. The van der Waals surface area contributed by atoms with Crippen molar-refractivity contribution >= 4 is 11.8 Å². The molecule has 1 aromatic carbocycles. The molecule has 3 heteroatoms. The summed E-state index contributed by atoms with van der Waals surface area (Å²) < 4.78 is 12.7. The summed E-state index contributed by atoms with van der Waals surface area (Å²) in [5, 5.41) is 3.24. The van der Waals surface area contributed by atoms with Gasteiger partial charge >= 0.3 is 0 Å². The van der Waals surface area contributed by atoms with Crippen LogP contribution in [0.5, 0.6) is 0 Å². The Hall–Kier alpha value is -0.540. The third kappa shape index (κ3) is 3.31. The van der Waals surface area contributed by atoms with Crippen molar-refractivity contribution in [2.75, 3.05) is 19.1 Å². The van der Waals surface area contributed by atoms with Crippen molar-refractivity contribution in [2.24, 2.45) is 0 Å². The zero-order valence-corrected chi connectivity index (χ0v) is 9.40. The van der Waals surface area contributed by atoms with E-state index in [9.17, 15) is 4.39 Å². The zero-order valence-electron chi connectivity index (χ0n) is 8.59. The summed E-state index contributed by atoms with van der Waals surface area (Å²) in [6.45, 7) is 0. The molecular formula is C11H16FNS. The molecule has 0 spiro atoms. The second-order valence-electron chi connectivity index (χ2n) is 3.17. The minimum atomic E-state index is -0.173. The van der Waals surface area contributed by atoms with Gasteiger partial charge in [0.25, 0.3) is 0 Å². The number of nitrogens with one attached hydrogen (secondary N) is 1. The second kappa shape index (κ2) is 6.04. The molecule has 0 fully saturated rings. The van der Waals surface area contributed by atoms with Gasteiger partial charge in [0.2, 0.25) is 0 Å². The van der Waals surface area contributed by atoms with Gasteiger partial charge in [-0.2, -0.15) is 11.8 Å². The molecule has 0 radical (unpaired) electrons. The number of rotatable bonds is 5. The first-order valence-corrected chi connectivity index (χ1v) is 6.09. The number of hydrogen-bond donors (Lipinski definition) is 1. The highest BCUT2D eigenvalue weighted by molar-refractivity contribution is 7.98. The Labute approximate surface area is 89.1 Å². The van der Waals surface area contributed by atoms with E-state index in [0.717, 1.165) is 17.7 Å². The Morgan fingerprint density at radius 1 is 1.36 bits per heavy atom. The third-order valence-corrected chi connectivity index (χ3v) is 2.88. The van der Waals surface area contributed by atoms with E-state index in [1.807, 2.05) is 30.9 Å². The van der Waals surface area contributed by atoms with E-state index in [0.29, 0.717) is 6.04 Å². The van der Waals surface area contributed by atoms with Crippen LogP contribution in [0.4, 0.5) is 4.39 Å². The fourth-order valence-electron chi connectivity index (χ4n) is 1.41. The average molecular weight is 213 g/mol. The molecule has 14 heavy (non-hydrogen) atoms. The standard InChI is InChI=1S/C11H16FNS/c1-13-11(7-8-14-2)9-3-5-10(12)6-4-9/h3-6,11,13H,7-8H2,1-2H3. The largest absolute Gasteiger partial charge is 0.313 e. The quantitative estimate of drug-likeness (QED) is 0.807. The van der Waals surface area contributed by atoms with E-state index in [1.54, 1.807) is 0 Å². The van der Waals surface area contributed by atoms with Gasteiger partial charge in [-0.15, -0.1) is 0 Å². The normalized spacial score (nSPS) is 12.8. The molecule has 0 aliphatic heterocycles. The molecule has 1 N–H and O–H groups in total. The van der Waals surface area contributed by atoms with Crippen LogP contribution < -0.4 is 5.32 Å². The monoisotopic (exact) mass is 213 g/mol. The smallest absolute Gasteiger partial charge is 0.123 e. The van der Waals surface area contributed by atoms with E-state index >= 15 is 0 Å². The van der Waals surface area contributed by atoms with E-state index in [-0.39, 0.29) is 5.82 Å². The lowest BCUT2D eigenvalue weighted by Crippen LogP contribution is -2.16. The van der Waals surface area contributed by atoms with Gasteiger partial charge in [-0.05, 0) is 43.2 Å². The molecule has 0 saturated carbocycles. The summed E-state index contributed by atoms with van der Waals surface area (Å²) in [7, 11) is 1.94. The highest BCUT2D eigenvalue weighted by Crippen LogP contribution is 2.18. The summed E-state index contributed by atoms with van der Waals surface area (Å²) in [4.78, 5) is 0. The maximum Gasteiger partial charge on any atom is 0.123 e. The molecule has 0 bridgehead atoms. The number of benzene rings is 1. The first kappa shape index (κ1) is 11.5.